The molecule has 0 fully saturated rings. The number of thiophene rings is 1. The molecule has 0 aliphatic rings. The van der Waals surface area contributed by atoms with Crippen molar-refractivity contribution >= 4 is 33.6 Å². The lowest BCUT2D eigenvalue weighted by Gasteiger charge is -1.99. The van der Waals surface area contributed by atoms with E-state index in [0.29, 0.717) is 16.3 Å². The maximum Gasteiger partial charge on any atom is 0.275 e. The van der Waals surface area contributed by atoms with Crippen LogP contribution in [0.3, 0.4) is 0 Å². The highest BCUT2D eigenvalue weighted by Gasteiger charge is 2.16. The van der Waals surface area contributed by atoms with Crippen molar-refractivity contribution in [2.45, 2.75) is 13.8 Å². The standard InChI is InChI=1S/C11H9N3OS2/c1-6-7(2)17-11(8(6)3-12)14-10(15)9-4-16-5-13-9/h4-5H,1-2H3,(H,14,15). The van der Waals surface area contributed by atoms with Crippen molar-refractivity contribution in [3.05, 3.63) is 32.6 Å². The first kappa shape index (κ1) is 11.8. The van der Waals surface area contributed by atoms with Crippen molar-refractivity contribution in [2.24, 2.45) is 0 Å². The topological polar surface area (TPSA) is 65.8 Å². The molecule has 0 aliphatic carbocycles. The predicted octanol–water partition coefficient (Wildman–Crippen LogP) is 2.95. The van der Waals surface area contributed by atoms with Crippen LogP contribution < -0.4 is 5.32 Å². The number of hydrogen-bond acceptors (Lipinski definition) is 5. The van der Waals surface area contributed by atoms with E-state index in [9.17, 15) is 4.79 Å². The number of thiazole rings is 1. The van der Waals surface area contributed by atoms with E-state index >= 15 is 0 Å². The predicted molar refractivity (Wildman–Crippen MR) is 68.6 cm³/mol. The summed E-state index contributed by atoms with van der Waals surface area (Å²) in [5.74, 6) is -0.274. The maximum atomic E-state index is 11.8. The molecule has 0 atom stereocenters. The van der Waals surface area contributed by atoms with E-state index in [1.165, 1.54) is 22.7 Å². The van der Waals surface area contributed by atoms with Crippen LogP contribution >= 0.6 is 22.7 Å². The Bertz CT molecular complexity index is 593. The minimum atomic E-state index is -0.274. The van der Waals surface area contributed by atoms with E-state index < -0.39 is 0 Å². The number of amides is 1. The molecule has 0 aliphatic heterocycles. The first-order valence-corrected chi connectivity index (χ1v) is 6.59. The Balaban J connectivity index is 2.29. The molecule has 1 amide bonds. The van der Waals surface area contributed by atoms with Crippen LogP contribution in [0.5, 0.6) is 0 Å². The van der Waals surface area contributed by atoms with Crippen LogP contribution in [-0.4, -0.2) is 10.9 Å². The third kappa shape index (κ3) is 2.20. The Morgan fingerprint density at radius 2 is 2.29 bits per heavy atom. The fraction of sp³-hybridized carbons (Fsp3) is 0.182. The second kappa shape index (κ2) is 4.65. The second-order valence-electron chi connectivity index (χ2n) is 3.43. The molecule has 2 aromatic rings. The highest BCUT2D eigenvalue weighted by atomic mass is 32.1. The first-order chi connectivity index (χ1) is 8.13. The number of hydrogen-bond donors (Lipinski definition) is 1. The SMILES string of the molecule is Cc1sc(NC(=O)c2cscn2)c(C#N)c1C. The lowest BCUT2D eigenvalue weighted by molar-refractivity contribution is 0.102. The number of aryl methyl sites for hydroxylation is 1. The van der Waals surface area contributed by atoms with Gasteiger partial charge in [-0.15, -0.1) is 22.7 Å². The molecule has 2 rings (SSSR count). The van der Waals surface area contributed by atoms with E-state index in [2.05, 4.69) is 16.4 Å². The molecular formula is C11H9N3OS2. The lowest BCUT2D eigenvalue weighted by Crippen LogP contribution is -2.11. The molecule has 0 unspecified atom stereocenters. The number of carbonyl (C=O) groups excluding carboxylic acids is 1. The van der Waals surface area contributed by atoms with Gasteiger partial charge in [-0.2, -0.15) is 5.26 Å². The van der Waals surface area contributed by atoms with Gasteiger partial charge in [-0.3, -0.25) is 4.79 Å². The maximum absolute atomic E-state index is 11.8. The Labute approximate surface area is 107 Å². The summed E-state index contributed by atoms with van der Waals surface area (Å²) in [4.78, 5) is 16.8. The Morgan fingerprint density at radius 1 is 1.53 bits per heavy atom. The molecule has 4 nitrogen and oxygen atoms in total. The van der Waals surface area contributed by atoms with Crippen molar-refractivity contribution < 1.29 is 4.79 Å². The summed E-state index contributed by atoms with van der Waals surface area (Å²) in [6.07, 6.45) is 0. The summed E-state index contributed by atoms with van der Waals surface area (Å²) in [6, 6.07) is 2.11. The van der Waals surface area contributed by atoms with Gasteiger partial charge < -0.3 is 5.32 Å². The summed E-state index contributed by atoms with van der Waals surface area (Å²) < 4.78 is 0. The van der Waals surface area contributed by atoms with Crippen LogP contribution in [0.1, 0.15) is 26.5 Å². The highest BCUT2D eigenvalue weighted by Crippen LogP contribution is 2.31. The molecule has 0 bridgehead atoms. The average Bonchev–Trinajstić information content (AvgIpc) is 2.89. The minimum absolute atomic E-state index is 0.274. The molecular weight excluding hydrogens is 254 g/mol. The molecule has 0 radical (unpaired) electrons. The van der Waals surface area contributed by atoms with Crippen molar-refractivity contribution in [1.82, 2.24) is 4.98 Å². The number of rotatable bonds is 2. The molecule has 86 valence electrons. The van der Waals surface area contributed by atoms with Gasteiger partial charge in [0.15, 0.2) is 0 Å². The Kier molecular flexibility index (Phi) is 3.22. The summed E-state index contributed by atoms with van der Waals surface area (Å²) in [5, 5.41) is 14.0. The van der Waals surface area contributed by atoms with E-state index in [1.54, 1.807) is 10.9 Å². The fourth-order valence-electron chi connectivity index (χ4n) is 1.34. The molecule has 1 N–H and O–H groups in total. The van der Waals surface area contributed by atoms with Crippen LogP contribution in [0.15, 0.2) is 10.9 Å². The van der Waals surface area contributed by atoms with Crippen molar-refractivity contribution in [3.8, 4) is 6.07 Å². The molecule has 0 aromatic carbocycles. The zero-order valence-corrected chi connectivity index (χ0v) is 10.9. The Morgan fingerprint density at radius 3 is 2.88 bits per heavy atom. The van der Waals surface area contributed by atoms with Gasteiger partial charge in [0.2, 0.25) is 0 Å². The van der Waals surface area contributed by atoms with Crippen molar-refractivity contribution in [3.63, 3.8) is 0 Å². The molecule has 2 heterocycles. The molecule has 0 saturated heterocycles. The molecule has 2 aromatic heterocycles. The van der Waals surface area contributed by atoms with Crippen LogP contribution in [0.4, 0.5) is 5.00 Å². The molecule has 6 heteroatoms. The molecule has 0 saturated carbocycles. The first-order valence-electron chi connectivity index (χ1n) is 4.83. The number of nitrogens with one attached hydrogen (secondary N) is 1. The molecule has 17 heavy (non-hydrogen) atoms. The normalized spacial score (nSPS) is 9.94. The number of nitriles is 1. The summed E-state index contributed by atoms with van der Waals surface area (Å²) >= 11 is 2.78. The van der Waals surface area contributed by atoms with Gasteiger partial charge in [0.1, 0.15) is 16.8 Å². The third-order valence-electron chi connectivity index (χ3n) is 2.39. The zero-order valence-electron chi connectivity index (χ0n) is 9.27. The van der Waals surface area contributed by atoms with Crippen LogP contribution in [0, 0.1) is 25.2 Å². The van der Waals surface area contributed by atoms with Crippen molar-refractivity contribution in [1.29, 1.82) is 5.26 Å². The monoisotopic (exact) mass is 263 g/mol. The minimum Gasteiger partial charge on any atom is -0.311 e. The highest BCUT2D eigenvalue weighted by molar-refractivity contribution is 7.16. The van der Waals surface area contributed by atoms with Gasteiger partial charge in [-0.1, -0.05) is 0 Å². The van der Waals surface area contributed by atoms with E-state index in [-0.39, 0.29) is 5.91 Å². The Hall–Kier alpha value is -1.71. The number of nitrogens with zero attached hydrogens (tertiary/aromatic N) is 2. The van der Waals surface area contributed by atoms with E-state index in [1.807, 2.05) is 13.8 Å². The van der Waals surface area contributed by atoms with E-state index in [0.717, 1.165) is 10.4 Å². The summed E-state index contributed by atoms with van der Waals surface area (Å²) in [5.41, 5.74) is 3.44. The van der Waals surface area contributed by atoms with Gasteiger partial charge in [-0.25, -0.2) is 4.98 Å². The lowest BCUT2D eigenvalue weighted by atomic mass is 10.2. The number of carbonyl (C=O) groups is 1. The largest absolute Gasteiger partial charge is 0.311 e. The summed E-state index contributed by atoms with van der Waals surface area (Å²) in [7, 11) is 0. The van der Waals surface area contributed by atoms with Crippen LogP contribution in [0.2, 0.25) is 0 Å². The number of anilines is 1. The van der Waals surface area contributed by atoms with Gasteiger partial charge in [0, 0.05) is 10.3 Å². The molecule has 0 spiro atoms. The third-order valence-corrected chi connectivity index (χ3v) is 4.10. The number of aromatic nitrogens is 1. The van der Waals surface area contributed by atoms with Gasteiger partial charge >= 0.3 is 0 Å². The van der Waals surface area contributed by atoms with Gasteiger partial charge in [0.25, 0.3) is 5.91 Å². The summed E-state index contributed by atoms with van der Waals surface area (Å²) in [6.45, 7) is 3.81. The van der Waals surface area contributed by atoms with Gasteiger partial charge in [0.05, 0.1) is 11.1 Å². The van der Waals surface area contributed by atoms with Crippen LogP contribution in [-0.2, 0) is 0 Å². The van der Waals surface area contributed by atoms with Crippen LogP contribution in [0.25, 0.3) is 0 Å². The van der Waals surface area contributed by atoms with Gasteiger partial charge in [-0.05, 0) is 19.4 Å². The van der Waals surface area contributed by atoms with E-state index in [4.69, 9.17) is 5.26 Å². The zero-order chi connectivity index (χ0) is 12.4. The second-order valence-corrected chi connectivity index (χ2v) is 5.37. The quantitative estimate of drug-likeness (QED) is 0.905. The average molecular weight is 263 g/mol. The van der Waals surface area contributed by atoms with Crippen molar-refractivity contribution in [2.75, 3.05) is 5.32 Å². The fourth-order valence-corrected chi connectivity index (χ4v) is 2.88. The smallest absolute Gasteiger partial charge is 0.275 e.